The van der Waals surface area contributed by atoms with Crippen molar-refractivity contribution in [2.45, 2.75) is 200 Å². The standard InChI is InChI=1S/C43H76O5/c1-3-5-7-9-11-13-15-17-19-21-23-25-27-29-31-33-35-37-42(45)47-40-41(39-44)48-43(46)38-36-34-32-30-28-26-24-22-20-18-16-14-12-10-8-6-4-2/h6,8,12,14,18,20,24,26,41,44H,3-5,7,9-11,13,15-17,19,21-23,25,27-40H2,1-2H3/t41-/m0/s1. The summed E-state index contributed by atoms with van der Waals surface area (Å²) in [5, 5.41) is 9.56. The van der Waals surface area contributed by atoms with Crippen LogP contribution in [-0.4, -0.2) is 36.4 Å². The Morgan fingerprint density at radius 1 is 0.500 bits per heavy atom. The number of esters is 2. The molecular formula is C43H76O5. The highest BCUT2D eigenvalue weighted by molar-refractivity contribution is 5.70. The molecule has 0 heterocycles. The highest BCUT2D eigenvalue weighted by Crippen LogP contribution is 2.15. The molecule has 1 atom stereocenters. The van der Waals surface area contributed by atoms with Crippen molar-refractivity contribution in [2.75, 3.05) is 13.2 Å². The Morgan fingerprint density at radius 2 is 0.896 bits per heavy atom. The summed E-state index contributed by atoms with van der Waals surface area (Å²) in [6.45, 7) is 4.01. The molecule has 0 radical (unpaired) electrons. The number of rotatable bonds is 36. The van der Waals surface area contributed by atoms with Crippen molar-refractivity contribution in [1.29, 1.82) is 0 Å². The number of carbonyl (C=O) groups is 2. The molecular weight excluding hydrogens is 596 g/mol. The summed E-state index contributed by atoms with van der Waals surface area (Å²) < 4.78 is 10.6. The minimum absolute atomic E-state index is 0.0745. The van der Waals surface area contributed by atoms with Gasteiger partial charge in [-0.15, -0.1) is 0 Å². The van der Waals surface area contributed by atoms with E-state index in [0.717, 1.165) is 77.0 Å². The summed E-state index contributed by atoms with van der Waals surface area (Å²) in [7, 11) is 0. The fraction of sp³-hybridized carbons (Fsp3) is 0.767. The van der Waals surface area contributed by atoms with E-state index in [1.54, 1.807) is 0 Å². The molecule has 0 fully saturated rings. The Kier molecular flexibility index (Phi) is 37.5. The molecule has 5 heteroatoms. The van der Waals surface area contributed by atoms with Gasteiger partial charge in [-0.25, -0.2) is 0 Å². The Labute approximate surface area is 297 Å². The van der Waals surface area contributed by atoms with Crippen LogP contribution in [0.4, 0.5) is 0 Å². The van der Waals surface area contributed by atoms with E-state index >= 15 is 0 Å². The molecule has 48 heavy (non-hydrogen) atoms. The second-order valence-electron chi connectivity index (χ2n) is 13.3. The average Bonchev–Trinajstić information content (AvgIpc) is 3.09. The normalized spacial score (nSPS) is 12.6. The number of hydrogen-bond acceptors (Lipinski definition) is 5. The van der Waals surface area contributed by atoms with Crippen LogP contribution in [0.2, 0.25) is 0 Å². The van der Waals surface area contributed by atoms with Gasteiger partial charge in [0.15, 0.2) is 6.10 Å². The van der Waals surface area contributed by atoms with E-state index in [0.29, 0.717) is 12.8 Å². The fourth-order valence-corrected chi connectivity index (χ4v) is 5.60. The minimum atomic E-state index is -0.782. The fourth-order valence-electron chi connectivity index (χ4n) is 5.60. The first kappa shape index (κ1) is 45.9. The predicted molar refractivity (Wildman–Crippen MR) is 205 cm³/mol. The number of hydrogen-bond donors (Lipinski definition) is 1. The third-order valence-corrected chi connectivity index (χ3v) is 8.64. The molecule has 0 aliphatic heterocycles. The van der Waals surface area contributed by atoms with Gasteiger partial charge < -0.3 is 14.6 Å². The molecule has 0 bridgehead atoms. The van der Waals surface area contributed by atoms with Gasteiger partial charge in [-0.2, -0.15) is 0 Å². The number of aliphatic hydroxyl groups excluding tert-OH is 1. The van der Waals surface area contributed by atoms with Gasteiger partial charge >= 0.3 is 11.9 Å². The summed E-state index contributed by atoms with van der Waals surface area (Å²) in [5.41, 5.74) is 0. The minimum Gasteiger partial charge on any atom is -0.462 e. The maximum Gasteiger partial charge on any atom is 0.306 e. The van der Waals surface area contributed by atoms with Gasteiger partial charge in [0.2, 0.25) is 0 Å². The Hall–Kier alpha value is -2.14. The highest BCUT2D eigenvalue weighted by atomic mass is 16.6. The van der Waals surface area contributed by atoms with E-state index < -0.39 is 6.10 Å². The summed E-state index contributed by atoms with van der Waals surface area (Å²) in [5.74, 6) is -0.615. The zero-order valence-electron chi connectivity index (χ0n) is 31.5. The first-order valence-corrected chi connectivity index (χ1v) is 20.2. The van der Waals surface area contributed by atoms with Crippen molar-refractivity contribution in [3.8, 4) is 0 Å². The molecule has 0 aromatic rings. The summed E-state index contributed by atoms with van der Waals surface area (Å²) in [6, 6.07) is 0. The second kappa shape index (κ2) is 39.3. The monoisotopic (exact) mass is 673 g/mol. The van der Waals surface area contributed by atoms with Crippen molar-refractivity contribution in [3.05, 3.63) is 48.6 Å². The Balaban J connectivity index is 3.58. The van der Waals surface area contributed by atoms with Crippen LogP contribution in [0.15, 0.2) is 48.6 Å². The van der Waals surface area contributed by atoms with Gasteiger partial charge in [-0.3, -0.25) is 9.59 Å². The lowest BCUT2D eigenvalue weighted by Gasteiger charge is -2.15. The number of unbranched alkanes of at least 4 members (excludes halogenated alkanes) is 20. The van der Waals surface area contributed by atoms with Crippen molar-refractivity contribution >= 4 is 11.9 Å². The zero-order chi connectivity index (χ0) is 35.0. The van der Waals surface area contributed by atoms with E-state index in [9.17, 15) is 14.7 Å². The summed E-state index contributed by atoms with van der Waals surface area (Å²) in [6.07, 6.45) is 48.9. The van der Waals surface area contributed by atoms with Crippen LogP contribution >= 0.6 is 0 Å². The van der Waals surface area contributed by atoms with Crippen molar-refractivity contribution in [2.24, 2.45) is 0 Å². The van der Waals surface area contributed by atoms with E-state index in [4.69, 9.17) is 9.47 Å². The van der Waals surface area contributed by atoms with E-state index in [1.165, 1.54) is 89.9 Å². The molecule has 0 aliphatic rings. The Bertz CT molecular complexity index is 812. The third kappa shape index (κ3) is 36.7. The van der Waals surface area contributed by atoms with E-state index in [-0.39, 0.29) is 25.2 Å². The van der Waals surface area contributed by atoms with Crippen LogP contribution in [0.1, 0.15) is 194 Å². The molecule has 0 saturated carbocycles. The van der Waals surface area contributed by atoms with Gasteiger partial charge in [0, 0.05) is 12.8 Å². The molecule has 0 saturated heterocycles. The molecule has 278 valence electrons. The van der Waals surface area contributed by atoms with E-state index in [1.807, 2.05) is 0 Å². The zero-order valence-corrected chi connectivity index (χ0v) is 31.5. The third-order valence-electron chi connectivity index (χ3n) is 8.64. The van der Waals surface area contributed by atoms with Crippen LogP contribution in [0, 0.1) is 0 Å². The second-order valence-corrected chi connectivity index (χ2v) is 13.3. The lowest BCUT2D eigenvalue weighted by atomic mass is 10.0. The molecule has 0 aromatic heterocycles. The topological polar surface area (TPSA) is 72.8 Å². The quantitative estimate of drug-likeness (QED) is 0.0407. The number of aliphatic hydroxyl groups is 1. The molecule has 0 rings (SSSR count). The highest BCUT2D eigenvalue weighted by Gasteiger charge is 2.16. The first-order valence-electron chi connectivity index (χ1n) is 20.2. The van der Waals surface area contributed by atoms with Gasteiger partial charge in [0.25, 0.3) is 0 Å². The lowest BCUT2D eigenvalue weighted by Crippen LogP contribution is -2.28. The van der Waals surface area contributed by atoms with Crippen LogP contribution in [0.3, 0.4) is 0 Å². The average molecular weight is 673 g/mol. The summed E-state index contributed by atoms with van der Waals surface area (Å²) >= 11 is 0. The molecule has 1 N–H and O–H groups in total. The molecule has 0 amide bonds. The van der Waals surface area contributed by atoms with Crippen LogP contribution in [0.25, 0.3) is 0 Å². The molecule has 0 spiro atoms. The maximum atomic E-state index is 12.2. The van der Waals surface area contributed by atoms with Gasteiger partial charge in [-0.05, 0) is 51.4 Å². The first-order chi connectivity index (χ1) is 23.6. The number of allylic oxidation sites excluding steroid dienone is 8. The maximum absolute atomic E-state index is 12.2. The predicted octanol–water partition coefficient (Wildman–Crippen LogP) is 12.6. The Morgan fingerprint density at radius 3 is 1.35 bits per heavy atom. The smallest absolute Gasteiger partial charge is 0.306 e. The van der Waals surface area contributed by atoms with Crippen molar-refractivity contribution < 1.29 is 24.2 Å². The molecule has 5 nitrogen and oxygen atoms in total. The van der Waals surface area contributed by atoms with Gasteiger partial charge in [-0.1, -0.05) is 178 Å². The van der Waals surface area contributed by atoms with Gasteiger partial charge in [0.05, 0.1) is 6.61 Å². The molecule has 0 aliphatic carbocycles. The van der Waals surface area contributed by atoms with Crippen molar-refractivity contribution in [3.63, 3.8) is 0 Å². The molecule has 0 unspecified atom stereocenters. The SMILES string of the molecule is CCC=CCC=CCC=CCC=CCCCCCCC(=O)O[C@@H](CO)COC(=O)CCCCCCCCCCCCCCCCCCC. The number of carbonyl (C=O) groups excluding carboxylic acids is 2. The largest absolute Gasteiger partial charge is 0.462 e. The van der Waals surface area contributed by atoms with Crippen LogP contribution < -0.4 is 0 Å². The van der Waals surface area contributed by atoms with Gasteiger partial charge in [0.1, 0.15) is 6.61 Å². The number of ether oxygens (including phenoxy) is 2. The van der Waals surface area contributed by atoms with Crippen LogP contribution in [0.5, 0.6) is 0 Å². The lowest BCUT2D eigenvalue weighted by molar-refractivity contribution is -0.161. The molecule has 0 aromatic carbocycles. The summed E-state index contributed by atoms with van der Waals surface area (Å²) in [4.78, 5) is 24.3. The van der Waals surface area contributed by atoms with Crippen LogP contribution in [-0.2, 0) is 19.1 Å². The van der Waals surface area contributed by atoms with E-state index in [2.05, 4.69) is 62.5 Å². The van der Waals surface area contributed by atoms with Crippen molar-refractivity contribution in [1.82, 2.24) is 0 Å².